The maximum absolute atomic E-state index is 6.74. The summed E-state index contributed by atoms with van der Waals surface area (Å²) in [6.45, 7) is 0. The Morgan fingerprint density at radius 3 is 1.43 bits per heavy atom. The molecule has 13 rings (SSSR count). The number of fused-ring (bicyclic) bond motifs is 9. The number of para-hydroxylation sites is 4. The monoisotopic (exact) mass is 806 g/mol. The summed E-state index contributed by atoms with van der Waals surface area (Å²) in [5.41, 5.74) is 13.5. The van der Waals surface area contributed by atoms with Crippen LogP contribution in [-0.2, 0) is 0 Å². The van der Waals surface area contributed by atoms with E-state index in [9.17, 15) is 0 Å². The second-order valence-corrected chi connectivity index (χ2v) is 15.9. The second-order valence-electron chi connectivity index (χ2n) is 15.9. The summed E-state index contributed by atoms with van der Waals surface area (Å²) >= 11 is 0. The van der Waals surface area contributed by atoms with Gasteiger partial charge in [-0.3, -0.25) is 0 Å². The average molecular weight is 807 g/mol. The predicted octanol–water partition coefficient (Wildman–Crippen LogP) is 15.1. The Balaban J connectivity index is 1.06. The number of aromatic nitrogens is 4. The predicted molar refractivity (Wildman–Crippen MR) is 256 cm³/mol. The van der Waals surface area contributed by atoms with E-state index in [0.29, 0.717) is 17.5 Å². The molecule has 0 N–H and O–H groups in total. The lowest BCUT2D eigenvalue weighted by Gasteiger charge is -2.15. The molecule has 0 saturated carbocycles. The van der Waals surface area contributed by atoms with Crippen molar-refractivity contribution in [3.63, 3.8) is 0 Å². The van der Waals surface area contributed by atoms with Gasteiger partial charge in [0.15, 0.2) is 17.5 Å². The van der Waals surface area contributed by atoms with E-state index in [-0.39, 0.29) is 0 Å². The van der Waals surface area contributed by atoms with Crippen LogP contribution in [0, 0.1) is 0 Å². The molecule has 9 aromatic carbocycles. The minimum absolute atomic E-state index is 0.547. The number of benzene rings is 9. The summed E-state index contributed by atoms with van der Waals surface area (Å²) in [6, 6.07) is 71.4. The van der Waals surface area contributed by atoms with E-state index in [1.807, 2.05) is 48.5 Å². The van der Waals surface area contributed by atoms with Crippen molar-refractivity contribution in [1.82, 2.24) is 19.5 Å². The molecule has 63 heavy (non-hydrogen) atoms. The molecular weight excluding hydrogens is 773 g/mol. The number of furan rings is 2. The fourth-order valence-electron chi connectivity index (χ4n) is 9.51. The van der Waals surface area contributed by atoms with Crippen LogP contribution in [0.1, 0.15) is 0 Å². The Bertz CT molecular complexity index is 3860. The third kappa shape index (κ3) is 5.55. The number of rotatable bonds is 6. The van der Waals surface area contributed by atoms with E-state index in [0.717, 1.165) is 99.5 Å². The second kappa shape index (κ2) is 14.0. The van der Waals surface area contributed by atoms with Crippen LogP contribution in [0.3, 0.4) is 0 Å². The summed E-state index contributed by atoms with van der Waals surface area (Å²) in [5, 5.41) is 6.34. The highest BCUT2D eigenvalue weighted by atomic mass is 16.3. The quantitative estimate of drug-likeness (QED) is 0.167. The van der Waals surface area contributed by atoms with Gasteiger partial charge in [-0.05, 0) is 59.2 Å². The zero-order chi connectivity index (χ0) is 41.4. The van der Waals surface area contributed by atoms with Crippen LogP contribution < -0.4 is 0 Å². The first kappa shape index (κ1) is 35.2. The highest BCUT2D eigenvalue weighted by Crippen LogP contribution is 2.44. The number of hydrogen-bond donors (Lipinski definition) is 0. The summed E-state index contributed by atoms with van der Waals surface area (Å²) < 4.78 is 15.5. The van der Waals surface area contributed by atoms with Gasteiger partial charge in [0, 0.05) is 54.6 Å². The van der Waals surface area contributed by atoms with Gasteiger partial charge in [0.1, 0.15) is 22.3 Å². The van der Waals surface area contributed by atoms with Crippen LogP contribution in [0.4, 0.5) is 0 Å². The zero-order valence-electron chi connectivity index (χ0n) is 33.7. The first-order valence-corrected chi connectivity index (χ1v) is 21.1. The van der Waals surface area contributed by atoms with Crippen molar-refractivity contribution in [2.24, 2.45) is 0 Å². The number of hydrogen-bond acceptors (Lipinski definition) is 5. The highest BCUT2D eigenvalue weighted by molar-refractivity contribution is 6.19. The van der Waals surface area contributed by atoms with Gasteiger partial charge in [-0.2, -0.15) is 0 Å². The van der Waals surface area contributed by atoms with Crippen LogP contribution in [-0.4, -0.2) is 19.5 Å². The lowest BCUT2D eigenvalue weighted by Crippen LogP contribution is -2.01. The third-order valence-electron chi connectivity index (χ3n) is 12.3. The fraction of sp³-hybridized carbons (Fsp3) is 0. The van der Waals surface area contributed by atoms with Gasteiger partial charge in [-0.15, -0.1) is 0 Å². The maximum atomic E-state index is 6.74. The van der Waals surface area contributed by atoms with E-state index < -0.39 is 0 Å². The van der Waals surface area contributed by atoms with Crippen molar-refractivity contribution in [3.05, 3.63) is 206 Å². The van der Waals surface area contributed by atoms with Gasteiger partial charge in [0.25, 0.3) is 0 Å². The molecule has 0 fully saturated rings. The lowest BCUT2D eigenvalue weighted by molar-refractivity contribution is 0.668. The molecule has 0 radical (unpaired) electrons. The van der Waals surface area contributed by atoms with Gasteiger partial charge in [-0.1, -0.05) is 164 Å². The van der Waals surface area contributed by atoms with E-state index >= 15 is 0 Å². The minimum Gasteiger partial charge on any atom is -0.456 e. The third-order valence-corrected chi connectivity index (χ3v) is 12.3. The zero-order valence-corrected chi connectivity index (χ0v) is 33.7. The summed E-state index contributed by atoms with van der Waals surface area (Å²) in [6.07, 6.45) is 0. The molecule has 0 atom stereocenters. The van der Waals surface area contributed by atoms with Crippen LogP contribution in [0.2, 0.25) is 0 Å². The Labute approximate surface area is 361 Å². The molecule has 0 saturated heterocycles. The molecule has 4 heterocycles. The van der Waals surface area contributed by atoms with E-state index in [2.05, 4.69) is 162 Å². The minimum atomic E-state index is 0.547. The van der Waals surface area contributed by atoms with Crippen molar-refractivity contribution < 1.29 is 8.83 Å². The normalized spacial score (nSPS) is 11.8. The molecule has 0 spiro atoms. The maximum Gasteiger partial charge on any atom is 0.164 e. The molecule has 4 aromatic heterocycles. The van der Waals surface area contributed by atoms with Crippen molar-refractivity contribution in [3.8, 4) is 62.1 Å². The Kier molecular flexibility index (Phi) is 7.80. The molecule has 0 bridgehead atoms. The first-order valence-electron chi connectivity index (χ1n) is 21.1. The Morgan fingerprint density at radius 2 is 0.730 bits per heavy atom. The Hall–Kier alpha value is -8.61. The Morgan fingerprint density at radius 1 is 0.286 bits per heavy atom. The topological polar surface area (TPSA) is 69.9 Å². The van der Waals surface area contributed by atoms with Gasteiger partial charge >= 0.3 is 0 Å². The largest absolute Gasteiger partial charge is 0.456 e. The fourth-order valence-corrected chi connectivity index (χ4v) is 9.51. The molecule has 6 heteroatoms. The van der Waals surface area contributed by atoms with Crippen LogP contribution in [0.15, 0.2) is 215 Å². The standard InChI is InChI=1S/C57H34N4O2/c1-2-15-35(16-3-1)36-31-33-37(34-32-36)55-58-56(43-22-13-28-49-52(43)42-20-7-11-27-48(42)62-49)60-57(59-55)44-23-14-30-51-54(44)53-41(21-12-29-50(53)63-51)40-19-6-10-26-47(40)61-45-24-8-4-17-38(45)39-18-5-9-25-46(39)61/h1-34H. The molecule has 0 aliphatic rings. The summed E-state index contributed by atoms with van der Waals surface area (Å²) in [7, 11) is 0. The molecule has 0 unspecified atom stereocenters. The van der Waals surface area contributed by atoms with Gasteiger partial charge in [0.05, 0.1) is 16.7 Å². The van der Waals surface area contributed by atoms with Gasteiger partial charge in [-0.25, -0.2) is 15.0 Å². The molecule has 13 aromatic rings. The van der Waals surface area contributed by atoms with E-state index in [1.54, 1.807) is 0 Å². The van der Waals surface area contributed by atoms with Gasteiger partial charge < -0.3 is 13.4 Å². The van der Waals surface area contributed by atoms with E-state index in [1.165, 1.54) is 10.8 Å². The highest BCUT2D eigenvalue weighted by Gasteiger charge is 2.23. The van der Waals surface area contributed by atoms with Gasteiger partial charge in [0.2, 0.25) is 0 Å². The first-order chi connectivity index (χ1) is 31.2. The molecule has 6 nitrogen and oxygen atoms in total. The van der Waals surface area contributed by atoms with Crippen molar-refractivity contribution >= 4 is 65.7 Å². The summed E-state index contributed by atoms with van der Waals surface area (Å²) in [5.74, 6) is 1.67. The molecule has 0 aliphatic carbocycles. The van der Waals surface area contributed by atoms with Crippen LogP contribution in [0.5, 0.6) is 0 Å². The molecular formula is C57H34N4O2. The molecule has 0 amide bonds. The lowest BCUT2D eigenvalue weighted by atomic mass is 9.95. The average Bonchev–Trinajstić information content (AvgIpc) is 4.04. The van der Waals surface area contributed by atoms with Crippen LogP contribution >= 0.6 is 0 Å². The van der Waals surface area contributed by atoms with Crippen molar-refractivity contribution in [1.29, 1.82) is 0 Å². The SMILES string of the molecule is c1ccc(-c2ccc(-c3nc(-c4cccc5oc6ccccc6c45)nc(-c4cccc5oc6cccc(-c7ccccc7-n7c8ccccc8c8ccccc87)c6c45)n3)cc2)cc1. The number of nitrogens with zero attached hydrogens (tertiary/aromatic N) is 4. The van der Waals surface area contributed by atoms with Crippen molar-refractivity contribution in [2.75, 3.05) is 0 Å². The van der Waals surface area contributed by atoms with Crippen molar-refractivity contribution in [2.45, 2.75) is 0 Å². The molecule has 0 aliphatic heterocycles. The molecule has 294 valence electrons. The van der Waals surface area contributed by atoms with E-state index in [4.69, 9.17) is 23.8 Å². The van der Waals surface area contributed by atoms with Crippen LogP contribution in [0.25, 0.3) is 128 Å². The summed E-state index contributed by atoms with van der Waals surface area (Å²) in [4.78, 5) is 15.9. The smallest absolute Gasteiger partial charge is 0.164 e.